The van der Waals surface area contributed by atoms with E-state index in [2.05, 4.69) is 15.0 Å². The van der Waals surface area contributed by atoms with Crippen LogP contribution in [0.2, 0.25) is 0 Å². The molecule has 2 aromatic heterocycles. The van der Waals surface area contributed by atoms with Gasteiger partial charge in [-0.15, -0.1) is 0 Å². The van der Waals surface area contributed by atoms with Crippen molar-refractivity contribution in [3.05, 3.63) is 38.7 Å². The molecule has 6 heteroatoms. The summed E-state index contributed by atoms with van der Waals surface area (Å²) in [4.78, 5) is 30.5. The largest absolute Gasteiger partial charge is 0.390 e. The van der Waals surface area contributed by atoms with Crippen molar-refractivity contribution in [3.63, 3.8) is 0 Å². The Morgan fingerprint density at radius 2 is 2.07 bits per heavy atom. The SMILES string of the molecule is O=c1[nH]c(=O)c2nc(CO)ccc2[nH]1. The second kappa shape index (κ2) is 3.08. The lowest BCUT2D eigenvalue weighted by Crippen LogP contribution is -2.22. The van der Waals surface area contributed by atoms with Crippen LogP contribution in [-0.2, 0) is 6.61 Å². The summed E-state index contributed by atoms with van der Waals surface area (Å²) in [6.45, 7) is -0.242. The summed E-state index contributed by atoms with van der Waals surface area (Å²) in [5.74, 6) is 0. The van der Waals surface area contributed by atoms with E-state index in [1.165, 1.54) is 12.1 Å². The molecule has 0 atom stereocenters. The molecule has 0 aliphatic heterocycles. The lowest BCUT2D eigenvalue weighted by molar-refractivity contribution is 0.277. The van der Waals surface area contributed by atoms with Crippen LogP contribution in [0.25, 0.3) is 11.0 Å². The number of aromatic amines is 2. The van der Waals surface area contributed by atoms with Gasteiger partial charge in [0, 0.05) is 0 Å². The number of fused-ring (bicyclic) bond motifs is 1. The fourth-order valence-corrected chi connectivity index (χ4v) is 1.18. The molecule has 0 unspecified atom stereocenters. The molecule has 0 aromatic carbocycles. The van der Waals surface area contributed by atoms with Crippen LogP contribution >= 0.6 is 0 Å². The van der Waals surface area contributed by atoms with E-state index in [0.29, 0.717) is 11.2 Å². The van der Waals surface area contributed by atoms with Crippen LogP contribution in [0, 0.1) is 0 Å². The second-order valence-corrected chi connectivity index (χ2v) is 2.77. The number of hydrogen-bond acceptors (Lipinski definition) is 4. The van der Waals surface area contributed by atoms with Gasteiger partial charge in [-0.2, -0.15) is 0 Å². The van der Waals surface area contributed by atoms with Gasteiger partial charge in [0.1, 0.15) is 0 Å². The maximum atomic E-state index is 11.2. The van der Waals surface area contributed by atoms with Crippen molar-refractivity contribution >= 4 is 11.0 Å². The highest BCUT2D eigenvalue weighted by Gasteiger charge is 2.02. The predicted molar refractivity (Wildman–Crippen MR) is 48.9 cm³/mol. The zero-order valence-corrected chi connectivity index (χ0v) is 7.07. The average molecular weight is 193 g/mol. The molecule has 0 saturated heterocycles. The van der Waals surface area contributed by atoms with Crippen LogP contribution in [-0.4, -0.2) is 20.1 Å². The van der Waals surface area contributed by atoms with Crippen molar-refractivity contribution in [2.24, 2.45) is 0 Å². The molecular formula is C8H7N3O3. The molecule has 0 aliphatic rings. The minimum Gasteiger partial charge on any atom is -0.390 e. The molecular weight excluding hydrogens is 186 g/mol. The Bertz CT molecular complexity index is 584. The molecule has 2 heterocycles. The lowest BCUT2D eigenvalue weighted by atomic mass is 10.3. The van der Waals surface area contributed by atoms with Gasteiger partial charge in [0.2, 0.25) is 0 Å². The van der Waals surface area contributed by atoms with E-state index in [1.54, 1.807) is 0 Å². The van der Waals surface area contributed by atoms with Crippen molar-refractivity contribution in [3.8, 4) is 0 Å². The normalized spacial score (nSPS) is 10.6. The van der Waals surface area contributed by atoms with Gasteiger partial charge >= 0.3 is 5.69 Å². The summed E-state index contributed by atoms with van der Waals surface area (Å²) in [5, 5.41) is 8.80. The van der Waals surface area contributed by atoms with Crippen molar-refractivity contribution < 1.29 is 5.11 Å². The van der Waals surface area contributed by atoms with E-state index < -0.39 is 11.2 Å². The summed E-state index contributed by atoms with van der Waals surface area (Å²) in [7, 11) is 0. The fraction of sp³-hybridized carbons (Fsp3) is 0.125. The topological polar surface area (TPSA) is 98.8 Å². The molecule has 0 aliphatic carbocycles. The van der Waals surface area contributed by atoms with Gasteiger partial charge in [-0.3, -0.25) is 9.78 Å². The minimum absolute atomic E-state index is 0.121. The quantitative estimate of drug-likeness (QED) is 0.546. The molecule has 0 amide bonds. The van der Waals surface area contributed by atoms with Gasteiger partial charge in [-0.1, -0.05) is 0 Å². The van der Waals surface area contributed by atoms with E-state index in [4.69, 9.17) is 5.11 Å². The first-order valence-corrected chi connectivity index (χ1v) is 3.94. The van der Waals surface area contributed by atoms with E-state index in [-0.39, 0.29) is 12.1 Å². The van der Waals surface area contributed by atoms with Gasteiger partial charge in [0.25, 0.3) is 5.56 Å². The smallest absolute Gasteiger partial charge is 0.326 e. The van der Waals surface area contributed by atoms with Gasteiger partial charge in [0.05, 0.1) is 17.8 Å². The third-order valence-electron chi connectivity index (χ3n) is 1.81. The van der Waals surface area contributed by atoms with Gasteiger partial charge in [0.15, 0.2) is 5.52 Å². The molecule has 0 bridgehead atoms. The van der Waals surface area contributed by atoms with E-state index in [9.17, 15) is 9.59 Å². The summed E-state index contributed by atoms with van der Waals surface area (Å²) >= 11 is 0. The highest BCUT2D eigenvalue weighted by atomic mass is 16.3. The average Bonchev–Trinajstić information content (AvgIpc) is 2.17. The number of pyridine rings is 1. The van der Waals surface area contributed by atoms with Crippen LogP contribution in [0.1, 0.15) is 5.69 Å². The molecule has 0 saturated carbocycles. The molecule has 2 rings (SSSR count). The first kappa shape index (κ1) is 8.64. The van der Waals surface area contributed by atoms with Crippen LogP contribution in [0.5, 0.6) is 0 Å². The van der Waals surface area contributed by atoms with Gasteiger partial charge in [-0.05, 0) is 12.1 Å². The number of aliphatic hydroxyl groups is 1. The van der Waals surface area contributed by atoms with E-state index in [1.807, 2.05) is 0 Å². The Hall–Kier alpha value is -1.95. The Balaban J connectivity index is 2.89. The Labute approximate surface area is 77.3 Å². The van der Waals surface area contributed by atoms with Gasteiger partial charge in [-0.25, -0.2) is 9.78 Å². The van der Waals surface area contributed by atoms with E-state index in [0.717, 1.165) is 0 Å². The number of aliphatic hydroxyl groups excluding tert-OH is 1. The predicted octanol–water partition coefficient (Wildman–Crippen LogP) is -0.896. The molecule has 2 aromatic rings. The highest BCUT2D eigenvalue weighted by molar-refractivity contribution is 5.72. The molecule has 0 spiro atoms. The zero-order valence-electron chi connectivity index (χ0n) is 7.07. The summed E-state index contributed by atoms with van der Waals surface area (Å²) in [6, 6.07) is 3.07. The van der Waals surface area contributed by atoms with Crippen molar-refractivity contribution in [2.45, 2.75) is 6.61 Å². The fourth-order valence-electron chi connectivity index (χ4n) is 1.18. The number of H-pyrrole nitrogens is 2. The maximum Gasteiger partial charge on any atom is 0.326 e. The second-order valence-electron chi connectivity index (χ2n) is 2.77. The number of nitrogens with one attached hydrogen (secondary N) is 2. The van der Waals surface area contributed by atoms with Crippen molar-refractivity contribution in [1.82, 2.24) is 15.0 Å². The lowest BCUT2D eigenvalue weighted by Gasteiger charge is -1.97. The van der Waals surface area contributed by atoms with Crippen molar-refractivity contribution in [2.75, 3.05) is 0 Å². The maximum absolute atomic E-state index is 11.2. The van der Waals surface area contributed by atoms with E-state index >= 15 is 0 Å². The molecule has 14 heavy (non-hydrogen) atoms. The molecule has 0 radical (unpaired) electrons. The molecule has 72 valence electrons. The summed E-state index contributed by atoms with van der Waals surface area (Å²) in [5.41, 5.74) is -0.262. The zero-order chi connectivity index (χ0) is 10.1. The first-order valence-electron chi connectivity index (χ1n) is 3.94. The van der Waals surface area contributed by atoms with Crippen LogP contribution in [0.15, 0.2) is 21.7 Å². The number of rotatable bonds is 1. The Kier molecular flexibility index (Phi) is 1.90. The molecule has 3 N–H and O–H groups in total. The van der Waals surface area contributed by atoms with Crippen molar-refractivity contribution in [1.29, 1.82) is 0 Å². The monoisotopic (exact) mass is 193 g/mol. The Morgan fingerprint density at radius 3 is 2.79 bits per heavy atom. The van der Waals surface area contributed by atoms with Gasteiger partial charge < -0.3 is 10.1 Å². The minimum atomic E-state index is -0.568. The number of hydrogen-bond donors (Lipinski definition) is 3. The number of aromatic nitrogens is 3. The van der Waals surface area contributed by atoms with Crippen LogP contribution in [0.3, 0.4) is 0 Å². The molecule has 0 fully saturated rings. The van der Waals surface area contributed by atoms with Crippen LogP contribution in [0.4, 0.5) is 0 Å². The summed E-state index contributed by atoms with van der Waals surface area (Å²) in [6.07, 6.45) is 0. The third kappa shape index (κ3) is 1.31. The number of nitrogens with zero attached hydrogens (tertiary/aromatic N) is 1. The Morgan fingerprint density at radius 1 is 1.29 bits per heavy atom. The third-order valence-corrected chi connectivity index (χ3v) is 1.81. The first-order chi connectivity index (χ1) is 6.70. The van der Waals surface area contributed by atoms with Crippen LogP contribution < -0.4 is 11.2 Å². The molecule has 6 nitrogen and oxygen atoms in total. The highest BCUT2D eigenvalue weighted by Crippen LogP contribution is 2.02. The summed E-state index contributed by atoms with van der Waals surface area (Å²) < 4.78 is 0. The standard InChI is InChI=1S/C8H7N3O3/c12-3-4-1-2-5-6(9-4)7(13)11-8(14)10-5/h1-2,12H,3H2,(H2,10,11,13,14).